The average molecular weight is 563 g/mol. The van der Waals surface area contributed by atoms with Gasteiger partial charge in [0.15, 0.2) is 6.29 Å². The largest absolute Gasteiger partial charge is 0.392 e. The van der Waals surface area contributed by atoms with Gasteiger partial charge >= 0.3 is 0 Å². The van der Waals surface area contributed by atoms with Crippen LogP contribution in [0.3, 0.4) is 0 Å². The van der Waals surface area contributed by atoms with E-state index < -0.39 is 12.2 Å². The number of aliphatic hydroxyl groups is 1. The lowest BCUT2D eigenvalue weighted by molar-refractivity contribution is -0.252. The van der Waals surface area contributed by atoms with Gasteiger partial charge in [-0.15, -0.1) is 0 Å². The number of aliphatic hydroxyl groups excluding tert-OH is 1. The van der Waals surface area contributed by atoms with Gasteiger partial charge in [-0.1, -0.05) is 42.5 Å². The van der Waals surface area contributed by atoms with E-state index in [0.717, 1.165) is 35.3 Å². The Morgan fingerprint density at radius 2 is 1.80 bits per heavy atom. The summed E-state index contributed by atoms with van der Waals surface area (Å²) in [6.45, 7) is 1.52. The van der Waals surface area contributed by atoms with Gasteiger partial charge in [-0.2, -0.15) is 0 Å². The monoisotopic (exact) mass is 562 g/mol. The second kappa shape index (κ2) is 15.4. The standard InChI is InChI=1S/C31H38N4O6/c1-35(17-15-25-7-2-3-16-32-25)20-27-19-28(23-13-11-22(21-36)12-14-23)41-31(40-27)24-6-4-8-26(18-24)33-29(37)9-5-10-30(38)34-39/h2-4,6-8,11-14,16,18,27-28,31,36,39H,5,9-10,15,17,19-21H2,1H3,(H,33,37)(H,34,38)/t27-,28+,31+/m0/s1. The Morgan fingerprint density at radius 3 is 2.54 bits per heavy atom. The molecule has 4 rings (SSSR count). The van der Waals surface area contributed by atoms with Crippen LogP contribution < -0.4 is 10.8 Å². The molecule has 0 bridgehead atoms. The summed E-state index contributed by atoms with van der Waals surface area (Å²) in [5, 5.41) is 20.9. The molecule has 1 aromatic heterocycles. The van der Waals surface area contributed by atoms with Gasteiger partial charge in [0.05, 0.1) is 18.8 Å². The smallest absolute Gasteiger partial charge is 0.243 e. The number of ether oxygens (including phenoxy) is 2. The molecule has 1 fully saturated rings. The number of hydrogen-bond donors (Lipinski definition) is 4. The van der Waals surface area contributed by atoms with Crippen LogP contribution in [0, 0.1) is 0 Å². The summed E-state index contributed by atoms with van der Waals surface area (Å²) < 4.78 is 12.9. The molecular weight excluding hydrogens is 524 g/mol. The van der Waals surface area contributed by atoms with Crippen molar-refractivity contribution < 1.29 is 29.4 Å². The molecule has 2 heterocycles. The van der Waals surface area contributed by atoms with E-state index in [2.05, 4.69) is 22.2 Å². The number of rotatable bonds is 13. The van der Waals surface area contributed by atoms with E-state index in [0.29, 0.717) is 25.1 Å². The minimum absolute atomic E-state index is 0.0195. The molecule has 3 aromatic rings. The number of aromatic nitrogens is 1. The van der Waals surface area contributed by atoms with Gasteiger partial charge in [0, 0.05) is 61.9 Å². The maximum Gasteiger partial charge on any atom is 0.243 e. The zero-order valence-electron chi connectivity index (χ0n) is 23.2. The number of amides is 2. The van der Waals surface area contributed by atoms with Gasteiger partial charge in [-0.05, 0) is 48.9 Å². The average Bonchev–Trinajstić information content (AvgIpc) is 3.00. The summed E-state index contributed by atoms with van der Waals surface area (Å²) in [6.07, 6.45) is 2.86. The molecule has 0 aliphatic carbocycles. The number of anilines is 1. The van der Waals surface area contributed by atoms with E-state index in [-0.39, 0.29) is 37.6 Å². The number of carbonyl (C=O) groups is 2. The number of nitrogens with zero attached hydrogens (tertiary/aromatic N) is 2. The number of hydroxylamine groups is 1. The van der Waals surface area contributed by atoms with Crippen LogP contribution in [0.4, 0.5) is 5.69 Å². The molecule has 0 spiro atoms. The lowest BCUT2D eigenvalue weighted by Gasteiger charge is -2.38. The van der Waals surface area contributed by atoms with E-state index in [1.165, 1.54) is 0 Å². The molecule has 41 heavy (non-hydrogen) atoms. The van der Waals surface area contributed by atoms with Crippen LogP contribution in [-0.4, -0.2) is 58.3 Å². The normalized spacial score (nSPS) is 18.7. The summed E-state index contributed by atoms with van der Waals surface area (Å²) in [5.41, 5.74) is 5.84. The van der Waals surface area contributed by atoms with Gasteiger partial charge in [-0.25, -0.2) is 5.48 Å². The summed E-state index contributed by atoms with van der Waals surface area (Å²) in [4.78, 5) is 30.2. The number of nitrogens with one attached hydrogen (secondary N) is 2. The second-order valence-corrected chi connectivity index (χ2v) is 10.2. The second-order valence-electron chi connectivity index (χ2n) is 10.2. The van der Waals surface area contributed by atoms with Gasteiger partial charge < -0.3 is 24.8 Å². The topological polar surface area (TPSA) is 133 Å². The molecular formula is C31H38N4O6. The summed E-state index contributed by atoms with van der Waals surface area (Å²) in [6, 6.07) is 21.1. The molecule has 218 valence electrons. The minimum Gasteiger partial charge on any atom is -0.392 e. The summed E-state index contributed by atoms with van der Waals surface area (Å²) in [5.74, 6) is -0.753. The highest BCUT2D eigenvalue weighted by Gasteiger charge is 2.33. The van der Waals surface area contributed by atoms with Crippen LogP contribution in [0.1, 0.15) is 60.5 Å². The van der Waals surface area contributed by atoms with Crippen LogP contribution in [0.2, 0.25) is 0 Å². The number of hydrogen-bond acceptors (Lipinski definition) is 8. The van der Waals surface area contributed by atoms with E-state index >= 15 is 0 Å². The minimum atomic E-state index is -0.648. The summed E-state index contributed by atoms with van der Waals surface area (Å²) >= 11 is 0. The fourth-order valence-electron chi connectivity index (χ4n) is 4.78. The lowest BCUT2D eigenvalue weighted by Crippen LogP contribution is -2.38. The molecule has 10 nitrogen and oxygen atoms in total. The molecule has 0 unspecified atom stereocenters. The molecule has 10 heteroatoms. The Hall–Kier alpha value is -3.67. The molecule has 2 aromatic carbocycles. The molecule has 2 amide bonds. The zero-order chi connectivity index (χ0) is 29.0. The first kappa shape index (κ1) is 30.3. The third-order valence-electron chi connectivity index (χ3n) is 6.98. The van der Waals surface area contributed by atoms with Crippen molar-refractivity contribution in [1.82, 2.24) is 15.4 Å². The van der Waals surface area contributed by atoms with E-state index in [9.17, 15) is 14.7 Å². The first-order valence-corrected chi connectivity index (χ1v) is 13.9. The van der Waals surface area contributed by atoms with Crippen molar-refractivity contribution in [1.29, 1.82) is 0 Å². The van der Waals surface area contributed by atoms with Crippen molar-refractivity contribution in [2.75, 3.05) is 25.5 Å². The van der Waals surface area contributed by atoms with E-state index in [1.807, 2.05) is 60.7 Å². The Kier molecular flexibility index (Phi) is 11.4. The van der Waals surface area contributed by atoms with Crippen molar-refractivity contribution in [2.24, 2.45) is 0 Å². The van der Waals surface area contributed by atoms with Crippen LogP contribution in [0.5, 0.6) is 0 Å². The zero-order valence-corrected chi connectivity index (χ0v) is 23.2. The maximum absolute atomic E-state index is 12.4. The molecule has 1 aliphatic heterocycles. The van der Waals surface area contributed by atoms with Crippen molar-refractivity contribution in [3.63, 3.8) is 0 Å². The van der Waals surface area contributed by atoms with Gasteiger partial charge in [0.25, 0.3) is 0 Å². The van der Waals surface area contributed by atoms with Crippen LogP contribution in [0.15, 0.2) is 72.9 Å². The summed E-state index contributed by atoms with van der Waals surface area (Å²) in [7, 11) is 2.07. The van der Waals surface area contributed by atoms with Crippen LogP contribution >= 0.6 is 0 Å². The van der Waals surface area contributed by atoms with E-state index in [1.54, 1.807) is 17.7 Å². The predicted octanol–water partition coefficient (Wildman–Crippen LogP) is 3.91. The van der Waals surface area contributed by atoms with Crippen LogP contribution in [-0.2, 0) is 32.1 Å². The maximum atomic E-state index is 12.4. The molecule has 1 aliphatic rings. The molecule has 3 atom stereocenters. The quantitative estimate of drug-likeness (QED) is 0.182. The Bertz CT molecular complexity index is 1260. The first-order chi connectivity index (χ1) is 19.9. The van der Waals surface area contributed by atoms with E-state index in [4.69, 9.17) is 14.7 Å². The number of pyridine rings is 1. The lowest BCUT2D eigenvalue weighted by atomic mass is 9.99. The molecule has 0 saturated carbocycles. The molecule has 4 N–H and O–H groups in total. The fraction of sp³-hybridized carbons (Fsp3) is 0.387. The Balaban J connectivity index is 1.44. The molecule has 1 saturated heterocycles. The fourth-order valence-corrected chi connectivity index (χ4v) is 4.78. The highest BCUT2D eigenvalue weighted by atomic mass is 16.7. The number of carbonyl (C=O) groups excluding carboxylic acids is 2. The molecule has 0 radical (unpaired) electrons. The van der Waals surface area contributed by atoms with Crippen molar-refractivity contribution in [3.05, 3.63) is 95.3 Å². The van der Waals surface area contributed by atoms with Crippen molar-refractivity contribution in [3.8, 4) is 0 Å². The first-order valence-electron chi connectivity index (χ1n) is 13.9. The SMILES string of the molecule is CN(CCc1ccccn1)C[C@@H]1C[C@H](c2ccc(CO)cc2)O[C@H](c2cccc(NC(=O)CCCC(=O)NO)c2)O1. The van der Waals surface area contributed by atoms with Gasteiger partial charge in [-0.3, -0.25) is 19.8 Å². The number of benzene rings is 2. The highest BCUT2D eigenvalue weighted by molar-refractivity contribution is 5.91. The van der Waals surface area contributed by atoms with Crippen LogP contribution in [0.25, 0.3) is 0 Å². The van der Waals surface area contributed by atoms with Gasteiger partial charge in [0.1, 0.15) is 0 Å². The van der Waals surface area contributed by atoms with Crippen molar-refractivity contribution in [2.45, 2.75) is 57.2 Å². The Labute approximate surface area is 240 Å². The van der Waals surface area contributed by atoms with Gasteiger partial charge in [0.2, 0.25) is 11.8 Å². The Morgan fingerprint density at radius 1 is 1.00 bits per heavy atom. The number of likely N-dealkylation sites (N-methyl/N-ethyl adjacent to an activating group) is 1. The third kappa shape index (κ3) is 9.44. The van der Waals surface area contributed by atoms with Crippen molar-refractivity contribution >= 4 is 17.5 Å². The highest BCUT2D eigenvalue weighted by Crippen LogP contribution is 2.38. The third-order valence-corrected chi connectivity index (χ3v) is 6.98. The predicted molar refractivity (Wildman–Crippen MR) is 153 cm³/mol.